The molecule has 3 rings (SSSR count). The Balaban J connectivity index is 1.56. The normalized spacial score (nSPS) is 12.6. The van der Waals surface area contributed by atoms with Crippen molar-refractivity contribution in [2.45, 2.75) is 6.42 Å². The van der Waals surface area contributed by atoms with Crippen molar-refractivity contribution in [2.24, 2.45) is 0 Å². The van der Waals surface area contributed by atoms with Gasteiger partial charge in [0, 0.05) is 0 Å². The lowest BCUT2D eigenvalue weighted by Crippen LogP contribution is -2.01. The van der Waals surface area contributed by atoms with E-state index in [0.29, 0.717) is 22.8 Å². The summed E-state index contributed by atoms with van der Waals surface area (Å²) < 4.78 is 15.5. The van der Waals surface area contributed by atoms with Gasteiger partial charge >= 0.3 is 0 Å². The molecule has 0 amide bonds. The minimum absolute atomic E-state index is 0.0183. The molecule has 6 nitrogen and oxygen atoms in total. The zero-order valence-electron chi connectivity index (χ0n) is 14.7. The van der Waals surface area contributed by atoms with Gasteiger partial charge in [0.15, 0.2) is 34.6 Å². The van der Waals surface area contributed by atoms with E-state index in [4.69, 9.17) is 14.2 Å². The van der Waals surface area contributed by atoms with Crippen LogP contribution in [-0.2, 0) is 9.59 Å². The number of allylic oxidation sites excluding steroid dienone is 2. The van der Waals surface area contributed by atoms with Crippen LogP contribution in [-0.4, -0.2) is 30.6 Å². The molecule has 0 saturated carbocycles. The molecule has 0 radical (unpaired) electrons. The first-order valence-corrected chi connectivity index (χ1v) is 8.23. The topological polar surface area (TPSA) is 82.1 Å². The van der Waals surface area contributed by atoms with Crippen LogP contribution in [0.1, 0.15) is 17.5 Å². The summed E-state index contributed by atoms with van der Waals surface area (Å²) in [5.41, 5.74) is 1.47. The molecule has 0 saturated heterocycles. The van der Waals surface area contributed by atoms with Crippen LogP contribution in [0.4, 0.5) is 0 Å². The van der Waals surface area contributed by atoms with Gasteiger partial charge in [-0.2, -0.15) is 0 Å². The predicted octanol–water partition coefficient (Wildman–Crippen LogP) is 3.38. The minimum Gasteiger partial charge on any atom is -0.504 e. The summed E-state index contributed by atoms with van der Waals surface area (Å²) in [6.07, 6.45) is 5.67. The monoisotopic (exact) mass is 366 g/mol. The third-order valence-electron chi connectivity index (χ3n) is 3.87. The Morgan fingerprint density at radius 3 is 2.33 bits per heavy atom. The first-order valence-electron chi connectivity index (χ1n) is 8.23. The van der Waals surface area contributed by atoms with Crippen molar-refractivity contribution in [1.29, 1.82) is 0 Å². The third-order valence-corrected chi connectivity index (χ3v) is 3.87. The molecular formula is C21H18O6. The number of carbonyl (C=O) groups excluding carboxylic acids is 2. The van der Waals surface area contributed by atoms with Gasteiger partial charge in [-0.3, -0.25) is 9.59 Å². The zero-order valence-corrected chi connectivity index (χ0v) is 14.7. The van der Waals surface area contributed by atoms with Gasteiger partial charge in [-0.05, 0) is 47.5 Å². The molecule has 0 fully saturated rings. The summed E-state index contributed by atoms with van der Waals surface area (Å²) in [6.45, 7) is 0.190. The molecule has 1 N–H and O–H groups in total. The molecule has 1 aliphatic rings. The highest BCUT2D eigenvalue weighted by atomic mass is 16.7. The average Bonchev–Trinajstić information content (AvgIpc) is 3.13. The number of ketones is 2. The maximum atomic E-state index is 12.0. The van der Waals surface area contributed by atoms with E-state index >= 15 is 0 Å². The highest BCUT2D eigenvalue weighted by molar-refractivity contribution is 6.10. The second kappa shape index (κ2) is 8.23. The van der Waals surface area contributed by atoms with E-state index < -0.39 is 0 Å². The molecule has 6 heteroatoms. The number of rotatable bonds is 7. The first-order chi connectivity index (χ1) is 13.0. The van der Waals surface area contributed by atoms with Gasteiger partial charge in [-0.1, -0.05) is 24.3 Å². The van der Waals surface area contributed by atoms with Crippen LogP contribution in [0.5, 0.6) is 23.0 Å². The summed E-state index contributed by atoms with van der Waals surface area (Å²) in [5.74, 6) is 1.02. The molecule has 2 aromatic rings. The molecule has 0 aliphatic carbocycles. The van der Waals surface area contributed by atoms with E-state index in [0.717, 1.165) is 5.56 Å². The zero-order chi connectivity index (χ0) is 19.2. The van der Waals surface area contributed by atoms with Crippen LogP contribution in [0.3, 0.4) is 0 Å². The van der Waals surface area contributed by atoms with E-state index in [1.807, 2.05) is 0 Å². The minimum atomic E-state index is -0.317. The highest BCUT2D eigenvalue weighted by Crippen LogP contribution is 2.32. The number of carbonyl (C=O) groups is 2. The molecule has 1 heterocycles. The number of phenolic OH excluding ortho intramolecular Hbond substituents is 1. The van der Waals surface area contributed by atoms with Gasteiger partial charge in [0.1, 0.15) is 0 Å². The molecule has 0 aromatic heterocycles. The average molecular weight is 366 g/mol. The van der Waals surface area contributed by atoms with Gasteiger partial charge in [0.25, 0.3) is 0 Å². The standard InChI is InChI=1S/C21H18O6/c1-25-20-10-14(4-8-18(20)24)2-6-16(22)12-17(23)7-3-15-5-9-19-21(11-15)27-13-26-19/h2-11,24H,12-13H2,1H3. The van der Waals surface area contributed by atoms with Crippen molar-refractivity contribution >= 4 is 23.7 Å². The number of phenols is 1. The van der Waals surface area contributed by atoms with Crippen LogP contribution < -0.4 is 14.2 Å². The predicted molar refractivity (Wildman–Crippen MR) is 99.9 cm³/mol. The van der Waals surface area contributed by atoms with Crippen LogP contribution in [0, 0.1) is 0 Å². The Hall–Kier alpha value is -3.54. The Bertz CT molecular complexity index is 895. The Kier molecular flexibility index (Phi) is 5.56. The number of methoxy groups -OCH3 is 1. The highest BCUT2D eigenvalue weighted by Gasteiger charge is 2.12. The third kappa shape index (κ3) is 4.76. The van der Waals surface area contributed by atoms with Gasteiger partial charge < -0.3 is 19.3 Å². The summed E-state index contributed by atoms with van der Waals surface area (Å²) in [7, 11) is 1.44. The SMILES string of the molecule is COc1cc(C=CC(=O)CC(=O)C=Cc2ccc3c(c2)OCO3)ccc1O. The fraction of sp³-hybridized carbons (Fsp3) is 0.143. The van der Waals surface area contributed by atoms with E-state index in [9.17, 15) is 14.7 Å². The van der Waals surface area contributed by atoms with E-state index in [1.54, 1.807) is 42.5 Å². The number of benzene rings is 2. The number of hydrogen-bond acceptors (Lipinski definition) is 6. The Morgan fingerprint density at radius 1 is 1.00 bits per heavy atom. The lowest BCUT2D eigenvalue weighted by atomic mass is 10.1. The lowest BCUT2D eigenvalue weighted by Gasteiger charge is -2.03. The second-order valence-electron chi connectivity index (χ2n) is 5.82. The summed E-state index contributed by atoms with van der Waals surface area (Å²) >= 11 is 0. The smallest absolute Gasteiger partial charge is 0.231 e. The molecule has 0 atom stereocenters. The Labute approximate surface area is 156 Å². The quantitative estimate of drug-likeness (QED) is 0.598. The van der Waals surface area contributed by atoms with Gasteiger partial charge in [0.2, 0.25) is 6.79 Å². The van der Waals surface area contributed by atoms with E-state index in [1.165, 1.54) is 25.3 Å². The molecule has 138 valence electrons. The molecule has 2 aromatic carbocycles. The molecule has 27 heavy (non-hydrogen) atoms. The van der Waals surface area contributed by atoms with Crippen LogP contribution in [0.15, 0.2) is 48.6 Å². The van der Waals surface area contributed by atoms with Crippen molar-refractivity contribution < 1.29 is 28.9 Å². The van der Waals surface area contributed by atoms with E-state index in [2.05, 4.69) is 0 Å². The largest absolute Gasteiger partial charge is 0.504 e. The number of aromatic hydroxyl groups is 1. The van der Waals surface area contributed by atoms with Crippen molar-refractivity contribution in [3.8, 4) is 23.0 Å². The number of fused-ring (bicyclic) bond motifs is 1. The van der Waals surface area contributed by atoms with Crippen LogP contribution in [0.2, 0.25) is 0 Å². The van der Waals surface area contributed by atoms with Crippen molar-refractivity contribution in [2.75, 3.05) is 13.9 Å². The van der Waals surface area contributed by atoms with Crippen molar-refractivity contribution in [3.05, 3.63) is 59.7 Å². The lowest BCUT2D eigenvalue weighted by molar-refractivity contribution is -0.121. The molecule has 0 spiro atoms. The van der Waals surface area contributed by atoms with Gasteiger partial charge in [-0.25, -0.2) is 0 Å². The van der Waals surface area contributed by atoms with Crippen LogP contribution >= 0.6 is 0 Å². The maximum Gasteiger partial charge on any atom is 0.231 e. The van der Waals surface area contributed by atoms with Crippen molar-refractivity contribution in [3.63, 3.8) is 0 Å². The summed E-state index contributed by atoms with van der Waals surface area (Å²) in [6, 6.07) is 10.1. The first kappa shape index (κ1) is 18.3. The molecule has 1 aliphatic heterocycles. The molecule has 0 unspecified atom stereocenters. The van der Waals surface area contributed by atoms with E-state index in [-0.39, 0.29) is 30.5 Å². The second-order valence-corrected chi connectivity index (χ2v) is 5.82. The summed E-state index contributed by atoms with van der Waals surface area (Å²) in [4.78, 5) is 23.9. The fourth-order valence-electron chi connectivity index (χ4n) is 2.48. The molecular weight excluding hydrogens is 348 g/mol. The fourth-order valence-corrected chi connectivity index (χ4v) is 2.48. The molecule has 0 bridgehead atoms. The van der Waals surface area contributed by atoms with Gasteiger partial charge in [0.05, 0.1) is 13.5 Å². The Morgan fingerprint density at radius 2 is 1.63 bits per heavy atom. The number of hydrogen-bond donors (Lipinski definition) is 1. The summed E-state index contributed by atoms with van der Waals surface area (Å²) in [5, 5.41) is 9.55. The maximum absolute atomic E-state index is 12.0. The van der Waals surface area contributed by atoms with Gasteiger partial charge in [-0.15, -0.1) is 0 Å². The van der Waals surface area contributed by atoms with Crippen LogP contribution in [0.25, 0.3) is 12.2 Å². The number of ether oxygens (including phenoxy) is 3. The van der Waals surface area contributed by atoms with Crippen molar-refractivity contribution in [1.82, 2.24) is 0 Å².